The average Bonchev–Trinajstić information content (AvgIpc) is 2.96. The van der Waals surface area contributed by atoms with Gasteiger partial charge in [0.25, 0.3) is 0 Å². The predicted octanol–water partition coefficient (Wildman–Crippen LogP) is 4.88. The normalized spacial score (nSPS) is 11.6. The second-order valence-electron chi connectivity index (χ2n) is 6.32. The first kappa shape index (κ1) is 15.9. The number of nitrogens with zero attached hydrogens (tertiary/aromatic N) is 4. The fourth-order valence-corrected chi connectivity index (χ4v) is 3.20. The van der Waals surface area contributed by atoms with Crippen molar-refractivity contribution in [2.75, 3.05) is 0 Å². The van der Waals surface area contributed by atoms with E-state index in [0.717, 1.165) is 34.6 Å². The van der Waals surface area contributed by atoms with Crippen LogP contribution in [-0.2, 0) is 6.42 Å². The molecule has 0 aliphatic carbocycles. The Morgan fingerprint density at radius 2 is 1.65 bits per heavy atom. The van der Waals surface area contributed by atoms with Gasteiger partial charge >= 0.3 is 0 Å². The van der Waals surface area contributed by atoms with Crippen LogP contribution in [0.1, 0.15) is 63.4 Å². The lowest BCUT2D eigenvalue weighted by molar-refractivity contribution is 0.587. The molecule has 3 rings (SSSR count). The van der Waals surface area contributed by atoms with Gasteiger partial charge in [-0.1, -0.05) is 57.6 Å². The molecule has 4 heteroatoms. The number of hydrogen-bond donors (Lipinski definition) is 0. The molecular weight excluding hydrogens is 284 g/mol. The monoisotopic (exact) mass is 310 g/mol. The van der Waals surface area contributed by atoms with Crippen molar-refractivity contribution in [3.63, 3.8) is 0 Å². The first-order valence-corrected chi connectivity index (χ1v) is 8.90. The van der Waals surface area contributed by atoms with E-state index in [0.29, 0.717) is 0 Å². The summed E-state index contributed by atoms with van der Waals surface area (Å²) >= 11 is 0. The number of para-hydroxylation sites is 2. The van der Waals surface area contributed by atoms with E-state index in [1.165, 1.54) is 44.9 Å². The van der Waals surface area contributed by atoms with Crippen molar-refractivity contribution in [3.8, 4) is 0 Å². The van der Waals surface area contributed by atoms with Gasteiger partial charge in [-0.2, -0.15) is 0 Å². The molecule has 122 valence electrons. The predicted molar refractivity (Wildman–Crippen MR) is 94.7 cm³/mol. The summed E-state index contributed by atoms with van der Waals surface area (Å²) in [5.74, 6) is 0.930. The summed E-state index contributed by atoms with van der Waals surface area (Å²) in [4.78, 5) is 4.84. The maximum absolute atomic E-state index is 4.84. The van der Waals surface area contributed by atoms with Crippen molar-refractivity contribution in [1.29, 1.82) is 0 Å². The van der Waals surface area contributed by atoms with Gasteiger partial charge in [-0.05, 0) is 31.9 Å². The van der Waals surface area contributed by atoms with Crippen LogP contribution in [0.5, 0.6) is 0 Å². The average molecular weight is 310 g/mol. The van der Waals surface area contributed by atoms with E-state index >= 15 is 0 Å². The Labute approximate surface area is 138 Å². The molecule has 2 aromatic heterocycles. The minimum atomic E-state index is 0.923. The zero-order chi connectivity index (χ0) is 16.1. The third-order valence-electron chi connectivity index (χ3n) is 4.48. The van der Waals surface area contributed by atoms with Gasteiger partial charge in [-0.15, -0.1) is 10.2 Å². The van der Waals surface area contributed by atoms with Gasteiger partial charge in [-0.3, -0.25) is 4.40 Å². The first-order valence-electron chi connectivity index (χ1n) is 8.90. The second kappa shape index (κ2) is 7.53. The number of rotatable bonds is 8. The van der Waals surface area contributed by atoms with Crippen molar-refractivity contribution < 1.29 is 0 Å². The molecule has 0 radical (unpaired) electrons. The van der Waals surface area contributed by atoms with Crippen molar-refractivity contribution in [3.05, 3.63) is 35.8 Å². The van der Waals surface area contributed by atoms with Crippen LogP contribution in [-0.4, -0.2) is 19.6 Å². The Bertz CT molecular complexity index is 775. The van der Waals surface area contributed by atoms with Crippen molar-refractivity contribution in [2.24, 2.45) is 0 Å². The Morgan fingerprint density at radius 3 is 2.48 bits per heavy atom. The van der Waals surface area contributed by atoms with Crippen LogP contribution in [0.3, 0.4) is 0 Å². The standard InChI is InChI=1S/C19H26N4/c1-3-4-5-6-7-8-9-13-17-19-22-21-15(2)23(19)18-14-11-10-12-16(18)20-17/h10-12,14H,3-9,13H2,1-2H3. The van der Waals surface area contributed by atoms with E-state index < -0.39 is 0 Å². The lowest BCUT2D eigenvalue weighted by Crippen LogP contribution is -2.00. The summed E-state index contributed by atoms with van der Waals surface area (Å²) in [6.45, 7) is 4.27. The summed E-state index contributed by atoms with van der Waals surface area (Å²) in [7, 11) is 0. The molecule has 0 saturated heterocycles. The van der Waals surface area contributed by atoms with Crippen molar-refractivity contribution >= 4 is 16.7 Å². The molecule has 0 bridgehead atoms. The summed E-state index contributed by atoms with van der Waals surface area (Å²) in [6, 6.07) is 8.24. The number of unbranched alkanes of at least 4 members (excludes halogenated alkanes) is 6. The highest BCUT2D eigenvalue weighted by Gasteiger charge is 2.12. The van der Waals surface area contributed by atoms with Crippen LogP contribution >= 0.6 is 0 Å². The maximum Gasteiger partial charge on any atom is 0.183 e. The number of aromatic nitrogens is 4. The lowest BCUT2D eigenvalue weighted by atomic mass is 10.1. The topological polar surface area (TPSA) is 43.1 Å². The van der Waals surface area contributed by atoms with E-state index in [2.05, 4.69) is 33.7 Å². The highest BCUT2D eigenvalue weighted by molar-refractivity contribution is 5.78. The highest BCUT2D eigenvalue weighted by Crippen LogP contribution is 2.20. The van der Waals surface area contributed by atoms with Crippen molar-refractivity contribution in [2.45, 2.75) is 65.2 Å². The minimum absolute atomic E-state index is 0.923. The highest BCUT2D eigenvalue weighted by atomic mass is 15.3. The third-order valence-corrected chi connectivity index (χ3v) is 4.48. The molecule has 0 unspecified atom stereocenters. The molecular formula is C19H26N4. The number of hydrogen-bond acceptors (Lipinski definition) is 3. The summed E-state index contributed by atoms with van der Waals surface area (Å²) in [6.07, 6.45) is 10.2. The van der Waals surface area contributed by atoms with Crippen LogP contribution in [0.2, 0.25) is 0 Å². The maximum atomic E-state index is 4.84. The molecule has 0 fully saturated rings. The third kappa shape index (κ3) is 3.52. The lowest BCUT2D eigenvalue weighted by Gasteiger charge is -2.07. The molecule has 1 aromatic carbocycles. The van der Waals surface area contributed by atoms with Crippen LogP contribution < -0.4 is 0 Å². The smallest absolute Gasteiger partial charge is 0.183 e. The molecule has 0 aliphatic heterocycles. The quantitative estimate of drug-likeness (QED) is 0.557. The molecule has 23 heavy (non-hydrogen) atoms. The zero-order valence-corrected chi connectivity index (χ0v) is 14.3. The van der Waals surface area contributed by atoms with E-state index in [4.69, 9.17) is 4.98 Å². The SMILES string of the molecule is CCCCCCCCCc1nc2ccccc2n2c(C)nnc12. The summed E-state index contributed by atoms with van der Waals surface area (Å²) in [5, 5.41) is 8.62. The van der Waals surface area contributed by atoms with Crippen molar-refractivity contribution in [1.82, 2.24) is 19.6 Å². The molecule has 2 heterocycles. The summed E-state index contributed by atoms with van der Waals surface area (Å²) in [5.41, 5.74) is 4.12. The minimum Gasteiger partial charge on any atom is -0.276 e. The Balaban J connectivity index is 1.72. The van der Waals surface area contributed by atoms with Gasteiger partial charge < -0.3 is 0 Å². The largest absolute Gasteiger partial charge is 0.276 e. The Morgan fingerprint density at radius 1 is 0.913 bits per heavy atom. The van der Waals surface area contributed by atoms with Crippen LogP contribution in [0.15, 0.2) is 24.3 Å². The second-order valence-corrected chi connectivity index (χ2v) is 6.32. The number of fused-ring (bicyclic) bond motifs is 3. The zero-order valence-electron chi connectivity index (χ0n) is 14.3. The summed E-state index contributed by atoms with van der Waals surface area (Å²) < 4.78 is 2.14. The fraction of sp³-hybridized carbons (Fsp3) is 0.526. The Kier molecular flexibility index (Phi) is 5.21. The number of aryl methyl sites for hydroxylation is 2. The molecule has 0 N–H and O–H groups in total. The van der Waals surface area contributed by atoms with Gasteiger partial charge in [0, 0.05) is 0 Å². The van der Waals surface area contributed by atoms with Gasteiger partial charge in [0.2, 0.25) is 0 Å². The van der Waals surface area contributed by atoms with Crippen LogP contribution in [0.25, 0.3) is 16.7 Å². The molecule has 4 nitrogen and oxygen atoms in total. The van der Waals surface area contributed by atoms with E-state index in [1.54, 1.807) is 0 Å². The molecule has 0 saturated carbocycles. The van der Waals surface area contributed by atoms with E-state index in [1.807, 2.05) is 19.1 Å². The van der Waals surface area contributed by atoms with Crippen LogP contribution in [0, 0.1) is 6.92 Å². The fourth-order valence-electron chi connectivity index (χ4n) is 3.20. The molecule has 0 amide bonds. The van der Waals surface area contributed by atoms with Crippen LogP contribution in [0.4, 0.5) is 0 Å². The molecule has 0 spiro atoms. The molecule has 3 aromatic rings. The van der Waals surface area contributed by atoms with Gasteiger partial charge in [-0.25, -0.2) is 4.98 Å². The van der Waals surface area contributed by atoms with Gasteiger partial charge in [0.1, 0.15) is 5.82 Å². The first-order chi connectivity index (χ1) is 11.3. The van der Waals surface area contributed by atoms with E-state index in [-0.39, 0.29) is 0 Å². The van der Waals surface area contributed by atoms with E-state index in [9.17, 15) is 0 Å². The molecule has 0 aliphatic rings. The number of benzene rings is 1. The Hall–Kier alpha value is -1.97. The van der Waals surface area contributed by atoms with Gasteiger partial charge in [0.05, 0.1) is 16.7 Å². The molecule has 0 atom stereocenters. The van der Waals surface area contributed by atoms with Gasteiger partial charge in [0.15, 0.2) is 5.65 Å².